The molecule has 1 saturated heterocycles. The van der Waals surface area contributed by atoms with Crippen molar-refractivity contribution in [1.29, 1.82) is 0 Å². The van der Waals surface area contributed by atoms with E-state index in [0.717, 1.165) is 9.88 Å². The van der Waals surface area contributed by atoms with Gasteiger partial charge in [0.05, 0.1) is 27.9 Å². The SMILES string of the molecule is C=N/C(=C\C(C)=C/C)C(=O)[C@]12Cc3cnn(-c4ccc(F)cc4)c3C=C1CCN(S(=O)(=O)c1cc(F)c(F)c(F)c1)C2. The van der Waals surface area contributed by atoms with Crippen molar-refractivity contribution in [2.45, 2.75) is 31.6 Å². The highest BCUT2D eigenvalue weighted by atomic mass is 32.2. The molecule has 0 N–H and O–H groups in total. The molecule has 42 heavy (non-hydrogen) atoms. The number of hydrogen-bond donors (Lipinski definition) is 0. The van der Waals surface area contributed by atoms with Crippen molar-refractivity contribution in [2.24, 2.45) is 10.4 Å². The minimum atomic E-state index is -4.55. The number of rotatable bonds is 7. The summed E-state index contributed by atoms with van der Waals surface area (Å²) in [6.45, 7) is 6.63. The van der Waals surface area contributed by atoms with Gasteiger partial charge in [0.15, 0.2) is 23.2 Å². The summed E-state index contributed by atoms with van der Waals surface area (Å²) < 4.78 is 85.0. The van der Waals surface area contributed by atoms with Crippen LogP contribution in [0.15, 0.2) is 81.5 Å². The molecular formula is C30H26F4N4O3S. The van der Waals surface area contributed by atoms with Gasteiger partial charge in [-0.3, -0.25) is 9.79 Å². The maximum absolute atomic E-state index is 14.3. The van der Waals surface area contributed by atoms with Gasteiger partial charge in [-0.2, -0.15) is 9.40 Å². The quantitative estimate of drug-likeness (QED) is 0.117. The zero-order valence-electron chi connectivity index (χ0n) is 22.7. The third kappa shape index (κ3) is 4.94. The summed E-state index contributed by atoms with van der Waals surface area (Å²) in [5.41, 5.74) is 1.77. The van der Waals surface area contributed by atoms with Crippen LogP contribution in [0.3, 0.4) is 0 Å². The number of hydrogen-bond acceptors (Lipinski definition) is 5. The lowest BCUT2D eigenvalue weighted by molar-refractivity contribution is -0.124. The molecule has 1 atom stereocenters. The van der Waals surface area contributed by atoms with E-state index < -0.39 is 49.4 Å². The minimum absolute atomic E-state index is 0.0176. The van der Waals surface area contributed by atoms with Gasteiger partial charge in [0.1, 0.15) is 11.5 Å². The lowest BCUT2D eigenvalue weighted by atomic mass is 9.65. The van der Waals surface area contributed by atoms with Crippen LogP contribution < -0.4 is 0 Å². The van der Waals surface area contributed by atoms with Crippen molar-refractivity contribution in [3.05, 3.63) is 106 Å². The third-order valence-corrected chi connectivity index (χ3v) is 9.53. The molecule has 2 aliphatic rings. The summed E-state index contributed by atoms with van der Waals surface area (Å²) in [6.07, 6.45) is 6.79. The Morgan fingerprint density at radius 1 is 1.12 bits per heavy atom. The Bertz CT molecular complexity index is 1790. The first-order valence-corrected chi connectivity index (χ1v) is 14.4. The molecular weight excluding hydrogens is 572 g/mol. The molecule has 1 aromatic heterocycles. The molecule has 0 saturated carbocycles. The number of Topliss-reactive ketones (excluding diaryl/α,β-unsaturated/α-hetero) is 1. The number of piperidine rings is 1. The summed E-state index contributed by atoms with van der Waals surface area (Å²) in [6, 6.07) is 6.57. The number of aromatic nitrogens is 2. The van der Waals surface area contributed by atoms with Crippen LogP contribution in [-0.4, -0.2) is 48.1 Å². The number of allylic oxidation sites excluding steroid dienone is 4. The van der Waals surface area contributed by atoms with E-state index in [2.05, 4.69) is 16.8 Å². The van der Waals surface area contributed by atoms with Crippen molar-refractivity contribution >= 4 is 28.6 Å². The van der Waals surface area contributed by atoms with Gasteiger partial charge < -0.3 is 0 Å². The number of fused-ring (bicyclic) bond motifs is 2. The molecule has 0 unspecified atom stereocenters. The second-order valence-electron chi connectivity index (χ2n) is 10.2. The molecule has 0 bridgehead atoms. The average molecular weight is 599 g/mol. The summed E-state index contributed by atoms with van der Waals surface area (Å²) in [5.74, 6) is -5.97. The van der Waals surface area contributed by atoms with E-state index in [1.807, 2.05) is 0 Å². The zero-order valence-corrected chi connectivity index (χ0v) is 23.6. The van der Waals surface area contributed by atoms with Crippen molar-refractivity contribution < 1.29 is 30.8 Å². The van der Waals surface area contributed by atoms with E-state index in [-0.39, 0.29) is 31.6 Å². The molecule has 3 aromatic rings. The van der Waals surface area contributed by atoms with E-state index in [1.54, 1.807) is 55.1 Å². The number of ketones is 1. The first-order chi connectivity index (χ1) is 19.9. The maximum Gasteiger partial charge on any atom is 0.243 e. The van der Waals surface area contributed by atoms with Crippen LogP contribution in [0.4, 0.5) is 17.6 Å². The Morgan fingerprint density at radius 2 is 1.79 bits per heavy atom. The lowest BCUT2D eigenvalue weighted by Crippen LogP contribution is -2.53. The number of aliphatic imine (C=N–C) groups is 1. The monoisotopic (exact) mass is 598 g/mol. The zero-order chi connectivity index (χ0) is 30.4. The van der Waals surface area contributed by atoms with Gasteiger partial charge in [-0.15, -0.1) is 0 Å². The Morgan fingerprint density at radius 3 is 2.40 bits per heavy atom. The standard InChI is InChI=1S/C30H26F4N4O3S/c1-4-18(2)11-26(35-3)29(39)30-15-19-16-36-38(22-7-5-21(31)6-8-22)27(19)12-20(30)9-10-37(17-30)42(40,41)23-13-24(32)28(34)25(33)14-23/h4-8,11-14,16H,3,9-10,15,17H2,1-2H3/b18-4-,26-11-/t30-/m0/s1. The average Bonchev–Trinajstić information content (AvgIpc) is 3.38. The molecule has 0 radical (unpaired) electrons. The third-order valence-electron chi connectivity index (χ3n) is 7.70. The summed E-state index contributed by atoms with van der Waals surface area (Å²) in [7, 11) is -4.55. The molecule has 2 aromatic carbocycles. The highest BCUT2D eigenvalue weighted by Gasteiger charge is 2.51. The van der Waals surface area contributed by atoms with Crippen molar-refractivity contribution in [2.75, 3.05) is 13.1 Å². The van der Waals surface area contributed by atoms with Crippen LogP contribution in [0.5, 0.6) is 0 Å². The van der Waals surface area contributed by atoms with E-state index in [1.165, 1.54) is 12.1 Å². The second-order valence-corrected chi connectivity index (χ2v) is 12.1. The van der Waals surface area contributed by atoms with Gasteiger partial charge in [-0.1, -0.05) is 17.2 Å². The van der Waals surface area contributed by atoms with Gasteiger partial charge >= 0.3 is 0 Å². The van der Waals surface area contributed by atoms with E-state index in [9.17, 15) is 30.8 Å². The maximum atomic E-state index is 14.3. The number of nitrogens with zero attached hydrogens (tertiary/aromatic N) is 4. The fourth-order valence-corrected chi connectivity index (χ4v) is 6.89. The molecule has 1 aliphatic heterocycles. The van der Waals surface area contributed by atoms with Crippen LogP contribution in [-0.2, 0) is 21.2 Å². The fourth-order valence-electron chi connectivity index (χ4n) is 5.37. The fraction of sp³-hybridized carbons (Fsp3) is 0.233. The number of benzene rings is 2. The highest BCUT2D eigenvalue weighted by molar-refractivity contribution is 7.89. The number of carbonyl (C=O) groups excluding carboxylic acids is 1. The predicted molar refractivity (Wildman–Crippen MR) is 149 cm³/mol. The highest BCUT2D eigenvalue weighted by Crippen LogP contribution is 2.47. The Balaban J connectivity index is 1.63. The summed E-state index contributed by atoms with van der Waals surface area (Å²) >= 11 is 0. The lowest BCUT2D eigenvalue weighted by Gasteiger charge is -2.45. The topological polar surface area (TPSA) is 84.6 Å². The van der Waals surface area contributed by atoms with Gasteiger partial charge in [-0.25, -0.2) is 30.7 Å². The van der Waals surface area contributed by atoms with Crippen LogP contribution in [0.2, 0.25) is 0 Å². The second kappa shape index (κ2) is 10.9. The van der Waals surface area contributed by atoms with Crippen molar-refractivity contribution in [1.82, 2.24) is 14.1 Å². The van der Waals surface area contributed by atoms with E-state index in [4.69, 9.17) is 0 Å². The normalized spacial score (nSPS) is 19.6. The number of sulfonamides is 1. The number of carbonyl (C=O) groups is 1. The predicted octanol–water partition coefficient (Wildman–Crippen LogP) is 5.57. The van der Waals surface area contributed by atoms with E-state index >= 15 is 0 Å². The van der Waals surface area contributed by atoms with Crippen LogP contribution >= 0.6 is 0 Å². The summed E-state index contributed by atoms with van der Waals surface area (Å²) in [5, 5.41) is 4.44. The van der Waals surface area contributed by atoms with E-state index in [0.29, 0.717) is 34.7 Å². The largest absolute Gasteiger partial charge is 0.291 e. The molecule has 218 valence electrons. The smallest absolute Gasteiger partial charge is 0.243 e. The minimum Gasteiger partial charge on any atom is -0.291 e. The molecule has 12 heteroatoms. The first-order valence-electron chi connectivity index (χ1n) is 13.0. The number of halogens is 4. The molecule has 7 nitrogen and oxygen atoms in total. The Labute approximate surface area is 240 Å². The molecule has 0 spiro atoms. The molecule has 1 fully saturated rings. The molecule has 5 rings (SSSR count). The van der Waals surface area contributed by atoms with Gasteiger partial charge in [0.2, 0.25) is 10.0 Å². The molecule has 0 amide bonds. The Hall–Kier alpha value is -4.16. The van der Waals surface area contributed by atoms with Crippen LogP contribution in [0, 0.1) is 28.7 Å². The first kappa shape index (κ1) is 29.3. The molecule has 1 aliphatic carbocycles. The van der Waals surface area contributed by atoms with Crippen molar-refractivity contribution in [3.8, 4) is 5.69 Å². The molecule has 2 heterocycles. The van der Waals surface area contributed by atoms with Gasteiger partial charge in [-0.05, 0) is 87.5 Å². The van der Waals surface area contributed by atoms with Crippen LogP contribution in [0.1, 0.15) is 31.5 Å². The Kier molecular flexibility index (Phi) is 7.62. The summed E-state index contributed by atoms with van der Waals surface area (Å²) in [4.78, 5) is 17.5. The van der Waals surface area contributed by atoms with Gasteiger partial charge in [0.25, 0.3) is 0 Å². The van der Waals surface area contributed by atoms with Gasteiger partial charge in [0, 0.05) is 13.1 Å². The van der Waals surface area contributed by atoms with Crippen LogP contribution in [0.25, 0.3) is 11.8 Å². The van der Waals surface area contributed by atoms with Crippen molar-refractivity contribution in [3.63, 3.8) is 0 Å².